The molecule has 0 atom stereocenters. The number of para-hydroxylation sites is 1. The number of nitrogen functional groups attached to an aromatic ring is 1. The van der Waals surface area contributed by atoms with Gasteiger partial charge in [0.05, 0.1) is 28.9 Å². The first-order valence-corrected chi connectivity index (χ1v) is 7.12. The van der Waals surface area contributed by atoms with E-state index in [2.05, 4.69) is 9.97 Å². The Balaban J connectivity index is 1.96. The molecule has 0 amide bonds. The van der Waals surface area contributed by atoms with Crippen molar-refractivity contribution in [1.29, 1.82) is 0 Å². The summed E-state index contributed by atoms with van der Waals surface area (Å²) in [5, 5.41) is 1.31. The van der Waals surface area contributed by atoms with Crippen LogP contribution in [0, 0.1) is 0 Å². The molecule has 0 saturated carbocycles. The molecule has 3 rings (SSSR count). The topological polar surface area (TPSA) is 63.9 Å². The largest absolute Gasteiger partial charge is 0.497 e. The lowest BCUT2D eigenvalue weighted by atomic mass is 10.3. The average Bonchev–Trinajstić information content (AvgIpc) is 2.85. The molecule has 6 heteroatoms. The van der Waals surface area contributed by atoms with Gasteiger partial charge in [0.2, 0.25) is 0 Å². The van der Waals surface area contributed by atoms with Gasteiger partial charge in [0.1, 0.15) is 5.75 Å². The Kier molecular flexibility index (Phi) is 3.46. The molecule has 4 nitrogen and oxygen atoms in total. The van der Waals surface area contributed by atoms with E-state index < -0.39 is 0 Å². The number of nitrogens with zero attached hydrogens (tertiary/aromatic N) is 1. The Morgan fingerprint density at radius 1 is 1.30 bits per heavy atom. The Bertz CT molecular complexity index is 772. The summed E-state index contributed by atoms with van der Waals surface area (Å²) in [7, 11) is 1.64. The fraction of sp³-hybridized carbons (Fsp3) is 0.0714. The molecular weight excluding hydrogens is 294 g/mol. The number of anilines is 1. The first kappa shape index (κ1) is 13.1. The monoisotopic (exact) mass is 305 g/mol. The van der Waals surface area contributed by atoms with Crippen LogP contribution >= 0.6 is 23.4 Å². The smallest absolute Gasteiger partial charge is 0.171 e. The molecule has 0 saturated heterocycles. The quantitative estimate of drug-likeness (QED) is 0.719. The molecule has 3 aromatic rings. The highest BCUT2D eigenvalue weighted by Crippen LogP contribution is 2.35. The number of imidazole rings is 1. The van der Waals surface area contributed by atoms with Gasteiger partial charge in [-0.25, -0.2) is 4.98 Å². The Hall–Kier alpha value is -1.85. The van der Waals surface area contributed by atoms with Crippen LogP contribution in [0.15, 0.2) is 46.5 Å². The van der Waals surface area contributed by atoms with E-state index in [1.54, 1.807) is 13.2 Å². The molecule has 20 heavy (non-hydrogen) atoms. The van der Waals surface area contributed by atoms with Crippen LogP contribution in [0.2, 0.25) is 5.02 Å². The van der Waals surface area contributed by atoms with Crippen LogP contribution < -0.4 is 10.5 Å². The number of rotatable bonds is 3. The summed E-state index contributed by atoms with van der Waals surface area (Å²) >= 11 is 7.46. The van der Waals surface area contributed by atoms with Crippen LogP contribution in [-0.2, 0) is 0 Å². The summed E-state index contributed by atoms with van der Waals surface area (Å²) < 4.78 is 5.19. The van der Waals surface area contributed by atoms with Gasteiger partial charge in [-0.2, -0.15) is 0 Å². The van der Waals surface area contributed by atoms with Crippen molar-refractivity contribution in [3.63, 3.8) is 0 Å². The van der Waals surface area contributed by atoms with Crippen molar-refractivity contribution in [3.8, 4) is 5.75 Å². The first-order valence-electron chi connectivity index (χ1n) is 5.93. The highest BCUT2D eigenvalue weighted by Gasteiger charge is 2.09. The number of methoxy groups -OCH3 is 1. The minimum atomic E-state index is 0.549. The van der Waals surface area contributed by atoms with E-state index in [0.717, 1.165) is 26.8 Å². The minimum Gasteiger partial charge on any atom is -0.497 e. The maximum Gasteiger partial charge on any atom is 0.171 e. The van der Waals surface area contributed by atoms with E-state index >= 15 is 0 Å². The number of halogens is 1. The van der Waals surface area contributed by atoms with Gasteiger partial charge in [-0.15, -0.1) is 0 Å². The van der Waals surface area contributed by atoms with Gasteiger partial charge in [0, 0.05) is 11.0 Å². The number of hydrogen-bond donors (Lipinski definition) is 2. The highest BCUT2D eigenvalue weighted by atomic mass is 35.5. The lowest BCUT2D eigenvalue weighted by molar-refractivity contribution is 0.415. The Morgan fingerprint density at radius 3 is 2.95 bits per heavy atom. The molecule has 0 radical (unpaired) electrons. The number of hydrogen-bond acceptors (Lipinski definition) is 4. The molecule has 1 heterocycles. The van der Waals surface area contributed by atoms with Crippen LogP contribution in [0.5, 0.6) is 5.75 Å². The number of H-pyrrole nitrogens is 1. The van der Waals surface area contributed by atoms with Crippen LogP contribution in [0.4, 0.5) is 5.69 Å². The number of aromatic nitrogens is 2. The van der Waals surface area contributed by atoms with Crippen molar-refractivity contribution in [2.75, 3.05) is 12.8 Å². The number of fused-ring (bicyclic) bond motifs is 1. The second-order valence-corrected chi connectivity index (χ2v) is 5.62. The predicted octanol–water partition coefficient (Wildman–Crippen LogP) is 3.96. The van der Waals surface area contributed by atoms with Gasteiger partial charge in [-0.3, -0.25) is 0 Å². The Labute approximate surface area is 125 Å². The molecule has 3 N–H and O–H groups in total. The number of aromatic amines is 1. The zero-order valence-electron chi connectivity index (χ0n) is 10.7. The summed E-state index contributed by atoms with van der Waals surface area (Å²) in [5.74, 6) is 0.792. The number of nitrogens with one attached hydrogen (secondary N) is 1. The molecule has 2 aromatic carbocycles. The van der Waals surface area contributed by atoms with Gasteiger partial charge >= 0.3 is 0 Å². The van der Waals surface area contributed by atoms with E-state index in [9.17, 15) is 0 Å². The van der Waals surface area contributed by atoms with Gasteiger partial charge in [-0.05, 0) is 36.0 Å². The van der Waals surface area contributed by atoms with Gasteiger partial charge in [-0.1, -0.05) is 17.7 Å². The zero-order chi connectivity index (χ0) is 14.1. The molecule has 1 aromatic heterocycles. The molecular formula is C14H12ClN3OS. The van der Waals surface area contributed by atoms with E-state index in [1.807, 2.05) is 30.3 Å². The molecule has 0 aliphatic carbocycles. The fourth-order valence-corrected chi connectivity index (χ4v) is 2.96. The van der Waals surface area contributed by atoms with Crippen molar-refractivity contribution in [3.05, 3.63) is 41.4 Å². The first-order chi connectivity index (χ1) is 9.67. The third-order valence-electron chi connectivity index (χ3n) is 2.89. The van der Waals surface area contributed by atoms with E-state index in [0.29, 0.717) is 10.7 Å². The minimum absolute atomic E-state index is 0.549. The fourth-order valence-electron chi connectivity index (χ4n) is 1.85. The number of ether oxygens (including phenoxy) is 1. The van der Waals surface area contributed by atoms with Crippen LogP contribution in [0.1, 0.15) is 0 Å². The summed E-state index contributed by atoms with van der Waals surface area (Å²) in [6.45, 7) is 0. The van der Waals surface area contributed by atoms with E-state index in [-0.39, 0.29) is 0 Å². The SMILES string of the molecule is COc1ccc2nc(Sc3cccc(Cl)c3N)[nH]c2c1. The van der Waals surface area contributed by atoms with Gasteiger partial charge in [0.25, 0.3) is 0 Å². The molecule has 0 bridgehead atoms. The van der Waals surface area contributed by atoms with Crippen molar-refractivity contribution < 1.29 is 4.74 Å². The maximum absolute atomic E-state index is 6.01. The molecule has 0 fully saturated rings. The molecule has 102 valence electrons. The average molecular weight is 306 g/mol. The highest BCUT2D eigenvalue weighted by molar-refractivity contribution is 7.99. The van der Waals surface area contributed by atoms with Crippen molar-refractivity contribution in [1.82, 2.24) is 9.97 Å². The van der Waals surface area contributed by atoms with Gasteiger partial charge in [0.15, 0.2) is 5.16 Å². The summed E-state index contributed by atoms with van der Waals surface area (Å²) in [6, 6.07) is 11.3. The van der Waals surface area contributed by atoms with Crippen LogP contribution in [-0.4, -0.2) is 17.1 Å². The van der Waals surface area contributed by atoms with Crippen molar-refractivity contribution in [2.24, 2.45) is 0 Å². The molecule has 0 aliphatic rings. The van der Waals surface area contributed by atoms with Crippen LogP contribution in [0.25, 0.3) is 11.0 Å². The van der Waals surface area contributed by atoms with Crippen LogP contribution in [0.3, 0.4) is 0 Å². The number of nitrogens with two attached hydrogens (primary N) is 1. The summed E-state index contributed by atoms with van der Waals surface area (Å²) in [5.41, 5.74) is 8.33. The van der Waals surface area contributed by atoms with E-state index in [1.165, 1.54) is 11.8 Å². The standard InChI is InChI=1S/C14H12ClN3OS/c1-19-8-5-6-10-11(7-8)18-14(17-10)20-12-4-2-3-9(15)13(12)16/h2-7H,16H2,1H3,(H,17,18). The van der Waals surface area contributed by atoms with Crippen molar-refractivity contribution >= 4 is 40.1 Å². The third-order valence-corrected chi connectivity index (χ3v) is 4.18. The van der Waals surface area contributed by atoms with E-state index in [4.69, 9.17) is 22.1 Å². The van der Waals surface area contributed by atoms with Gasteiger partial charge < -0.3 is 15.5 Å². The maximum atomic E-state index is 6.01. The summed E-state index contributed by atoms with van der Waals surface area (Å²) in [4.78, 5) is 8.62. The zero-order valence-corrected chi connectivity index (χ0v) is 12.3. The number of benzene rings is 2. The predicted molar refractivity (Wildman–Crippen MR) is 82.6 cm³/mol. The van der Waals surface area contributed by atoms with Crippen molar-refractivity contribution in [2.45, 2.75) is 10.1 Å². The normalized spacial score (nSPS) is 10.9. The second-order valence-electron chi connectivity index (χ2n) is 4.18. The Morgan fingerprint density at radius 2 is 2.15 bits per heavy atom. The molecule has 0 spiro atoms. The third kappa shape index (κ3) is 2.42. The lowest BCUT2D eigenvalue weighted by Crippen LogP contribution is -1.89. The molecule has 0 unspecified atom stereocenters. The lowest BCUT2D eigenvalue weighted by Gasteiger charge is -2.04. The summed E-state index contributed by atoms with van der Waals surface area (Å²) in [6.07, 6.45) is 0. The molecule has 0 aliphatic heterocycles. The second kappa shape index (κ2) is 5.26.